The van der Waals surface area contributed by atoms with Crippen LogP contribution in [0.25, 0.3) is 0 Å². The number of nitrogens with one attached hydrogen (secondary N) is 1. The molecule has 1 aliphatic heterocycles. The lowest BCUT2D eigenvalue weighted by Gasteiger charge is -2.18. The molecule has 0 radical (unpaired) electrons. The summed E-state index contributed by atoms with van der Waals surface area (Å²) in [6, 6.07) is 7.76. The van der Waals surface area contributed by atoms with Crippen LogP contribution < -0.4 is 10.2 Å². The van der Waals surface area contributed by atoms with Crippen LogP contribution in [0.4, 0.5) is 10.8 Å². The van der Waals surface area contributed by atoms with Gasteiger partial charge in [0.1, 0.15) is 5.01 Å². The minimum Gasteiger partial charge on any atom is -0.311 e. The van der Waals surface area contributed by atoms with Crippen molar-refractivity contribution in [2.45, 2.75) is 51.4 Å². The number of nitrogens with zero attached hydrogens (tertiary/aromatic N) is 3. The third kappa shape index (κ3) is 3.88. The van der Waals surface area contributed by atoms with E-state index in [1.807, 2.05) is 31.2 Å². The molecule has 2 amide bonds. The van der Waals surface area contributed by atoms with Gasteiger partial charge in [-0.3, -0.25) is 9.59 Å². The normalized spacial score (nSPS) is 20.9. The highest BCUT2D eigenvalue weighted by atomic mass is 32.1. The van der Waals surface area contributed by atoms with E-state index >= 15 is 0 Å². The topological polar surface area (TPSA) is 75.2 Å². The first-order chi connectivity index (χ1) is 13.1. The zero-order valence-corrected chi connectivity index (χ0v) is 16.3. The lowest BCUT2D eigenvalue weighted by atomic mass is 9.90. The molecule has 1 saturated heterocycles. The minimum absolute atomic E-state index is 0.00962. The fraction of sp³-hybridized carbons (Fsp3) is 0.500. The Labute approximate surface area is 163 Å². The van der Waals surface area contributed by atoms with E-state index in [-0.39, 0.29) is 24.2 Å². The number of carbonyl (C=O) groups is 2. The fourth-order valence-electron chi connectivity index (χ4n) is 3.99. The van der Waals surface area contributed by atoms with Gasteiger partial charge in [0, 0.05) is 24.6 Å². The maximum Gasteiger partial charge on any atom is 0.231 e. The molecule has 1 atom stereocenters. The average molecular weight is 385 g/mol. The Balaban J connectivity index is 1.40. The second kappa shape index (κ2) is 7.76. The fourth-order valence-corrected chi connectivity index (χ4v) is 4.90. The summed E-state index contributed by atoms with van der Waals surface area (Å²) < 4.78 is 0. The van der Waals surface area contributed by atoms with Crippen LogP contribution in [0.5, 0.6) is 0 Å². The van der Waals surface area contributed by atoms with Crippen molar-refractivity contribution in [3.05, 3.63) is 34.8 Å². The summed E-state index contributed by atoms with van der Waals surface area (Å²) in [6.07, 6.45) is 6.33. The predicted octanol–water partition coefficient (Wildman–Crippen LogP) is 3.89. The van der Waals surface area contributed by atoms with Gasteiger partial charge in [-0.05, 0) is 31.4 Å². The van der Waals surface area contributed by atoms with E-state index in [4.69, 9.17) is 0 Å². The Hall–Kier alpha value is -2.28. The maximum atomic E-state index is 12.7. The van der Waals surface area contributed by atoms with E-state index in [1.54, 1.807) is 4.90 Å². The molecule has 2 heterocycles. The Morgan fingerprint density at radius 1 is 1.19 bits per heavy atom. The summed E-state index contributed by atoms with van der Waals surface area (Å²) in [5.41, 5.74) is 1.92. The van der Waals surface area contributed by atoms with Gasteiger partial charge >= 0.3 is 0 Å². The molecule has 1 aromatic heterocycles. The van der Waals surface area contributed by atoms with Crippen LogP contribution in [0.15, 0.2) is 24.3 Å². The number of amides is 2. The van der Waals surface area contributed by atoms with Crippen LogP contribution in [-0.4, -0.2) is 28.6 Å². The zero-order chi connectivity index (χ0) is 18.8. The molecular weight excluding hydrogens is 360 g/mol. The lowest BCUT2D eigenvalue weighted by molar-refractivity contribution is -0.122. The molecule has 2 fully saturated rings. The summed E-state index contributed by atoms with van der Waals surface area (Å²) >= 11 is 1.47. The number of hydrogen-bond acceptors (Lipinski definition) is 5. The number of carbonyl (C=O) groups excluding carboxylic acids is 2. The third-order valence-electron chi connectivity index (χ3n) is 5.53. The van der Waals surface area contributed by atoms with Crippen LogP contribution in [0.3, 0.4) is 0 Å². The molecule has 27 heavy (non-hydrogen) atoms. The van der Waals surface area contributed by atoms with Gasteiger partial charge in [0.2, 0.25) is 16.9 Å². The third-order valence-corrected chi connectivity index (χ3v) is 6.53. The van der Waals surface area contributed by atoms with Crippen molar-refractivity contribution in [3.8, 4) is 0 Å². The molecule has 2 aromatic rings. The summed E-state index contributed by atoms with van der Waals surface area (Å²) in [5, 5.41) is 12.9. The Morgan fingerprint density at radius 2 is 1.96 bits per heavy atom. The predicted molar refractivity (Wildman–Crippen MR) is 106 cm³/mol. The van der Waals surface area contributed by atoms with E-state index in [0.717, 1.165) is 29.1 Å². The quantitative estimate of drug-likeness (QED) is 0.868. The van der Waals surface area contributed by atoms with Crippen LogP contribution in [0, 0.1) is 12.8 Å². The molecule has 6 nitrogen and oxygen atoms in total. The van der Waals surface area contributed by atoms with Gasteiger partial charge in [-0.15, -0.1) is 10.2 Å². The van der Waals surface area contributed by atoms with Crippen molar-refractivity contribution in [1.29, 1.82) is 0 Å². The van der Waals surface area contributed by atoms with Crippen molar-refractivity contribution in [3.63, 3.8) is 0 Å². The second-order valence-electron chi connectivity index (χ2n) is 7.46. The first kappa shape index (κ1) is 18.1. The van der Waals surface area contributed by atoms with Gasteiger partial charge in [0.25, 0.3) is 0 Å². The number of aryl methyl sites for hydroxylation is 1. The standard InChI is InChI=1S/C20H24N4O2S/c1-13-7-5-6-10-16(13)24-12-15(11-17(24)25)18(26)21-20-23-22-19(27-20)14-8-3-2-4-9-14/h5-7,10,14-15H,2-4,8-9,11-12H2,1H3,(H,21,23,26). The first-order valence-electron chi connectivity index (χ1n) is 9.62. The van der Waals surface area contributed by atoms with Crippen molar-refractivity contribution < 1.29 is 9.59 Å². The summed E-state index contributed by atoms with van der Waals surface area (Å²) in [4.78, 5) is 26.8. The second-order valence-corrected chi connectivity index (χ2v) is 8.47. The van der Waals surface area contributed by atoms with Crippen molar-refractivity contribution in [2.24, 2.45) is 5.92 Å². The van der Waals surface area contributed by atoms with Gasteiger partial charge in [0.05, 0.1) is 5.92 Å². The van der Waals surface area contributed by atoms with E-state index < -0.39 is 0 Å². The number of aromatic nitrogens is 2. The Bertz CT molecular complexity index is 844. The van der Waals surface area contributed by atoms with Crippen LogP contribution in [-0.2, 0) is 9.59 Å². The molecule has 4 rings (SSSR count). The highest BCUT2D eigenvalue weighted by molar-refractivity contribution is 7.15. The summed E-state index contributed by atoms with van der Waals surface area (Å²) in [6.45, 7) is 2.38. The van der Waals surface area contributed by atoms with Crippen LogP contribution in [0.1, 0.15) is 55.0 Å². The number of rotatable bonds is 4. The molecule has 1 N–H and O–H groups in total. The SMILES string of the molecule is Cc1ccccc1N1CC(C(=O)Nc2nnc(C3CCCCC3)s2)CC1=O. The molecule has 2 aliphatic rings. The smallest absolute Gasteiger partial charge is 0.231 e. The Kier molecular flexibility index (Phi) is 5.20. The highest BCUT2D eigenvalue weighted by Gasteiger charge is 2.36. The molecule has 7 heteroatoms. The number of benzene rings is 1. The molecule has 142 valence electrons. The lowest BCUT2D eigenvalue weighted by Crippen LogP contribution is -2.28. The van der Waals surface area contributed by atoms with Crippen LogP contribution in [0.2, 0.25) is 0 Å². The van der Waals surface area contributed by atoms with Gasteiger partial charge in [-0.25, -0.2) is 0 Å². The maximum absolute atomic E-state index is 12.7. The van der Waals surface area contributed by atoms with Crippen molar-refractivity contribution in [1.82, 2.24) is 10.2 Å². The van der Waals surface area contributed by atoms with Gasteiger partial charge < -0.3 is 10.2 Å². The molecular formula is C20H24N4O2S. The van der Waals surface area contributed by atoms with Gasteiger partial charge in [-0.1, -0.05) is 48.8 Å². The largest absolute Gasteiger partial charge is 0.311 e. The highest BCUT2D eigenvalue weighted by Crippen LogP contribution is 2.35. The average Bonchev–Trinajstić information content (AvgIpc) is 3.30. The van der Waals surface area contributed by atoms with E-state index in [1.165, 1.54) is 30.6 Å². The number of para-hydroxylation sites is 1. The van der Waals surface area contributed by atoms with E-state index in [2.05, 4.69) is 15.5 Å². The molecule has 1 unspecified atom stereocenters. The molecule has 1 aliphatic carbocycles. The van der Waals surface area contributed by atoms with E-state index in [9.17, 15) is 9.59 Å². The number of hydrogen-bond donors (Lipinski definition) is 1. The van der Waals surface area contributed by atoms with Crippen molar-refractivity contribution >= 4 is 34.0 Å². The zero-order valence-electron chi connectivity index (χ0n) is 15.5. The Morgan fingerprint density at radius 3 is 2.74 bits per heavy atom. The molecule has 1 saturated carbocycles. The van der Waals surface area contributed by atoms with Crippen LogP contribution >= 0.6 is 11.3 Å². The molecule has 0 spiro atoms. The molecule has 0 bridgehead atoms. The van der Waals surface area contributed by atoms with Crippen molar-refractivity contribution in [2.75, 3.05) is 16.8 Å². The summed E-state index contributed by atoms with van der Waals surface area (Å²) in [5.74, 6) is -0.0407. The molecule has 1 aromatic carbocycles. The van der Waals surface area contributed by atoms with Gasteiger partial charge in [-0.2, -0.15) is 0 Å². The number of anilines is 2. The minimum atomic E-state index is -0.362. The monoisotopic (exact) mass is 384 g/mol. The first-order valence-corrected chi connectivity index (χ1v) is 10.4. The summed E-state index contributed by atoms with van der Waals surface area (Å²) in [7, 11) is 0. The van der Waals surface area contributed by atoms with E-state index in [0.29, 0.717) is 17.6 Å². The van der Waals surface area contributed by atoms with Gasteiger partial charge in [0.15, 0.2) is 0 Å².